The van der Waals surface area contributed by atoms with Crippen LogP contribution in [-0.2, 0) is 6.42 Å². The molecule has 152 valence electrons. The molecule has 0 bridgehead atoms. The molecule has 2 aliphatic rings. The summed E-state index contributed by atoms with van der Waals surface area (Å²) in [5.41, 5.74) is 4.13. The van der Waals surface area contributed by atoms with Crippen molar-refractivity contribution in [2.24, 2.45) is 0 Å². The van der Waals surface area contributed by atoms with Crippen molar-refractivity contribution >= 4 is 11.5 Å². The minimum Gasteiger partial charge on any atom is -0.484 e. The van der Waals surface area contributed by atoms with Crippen LogP contribution in [0.3, 0.4) is 0 Å². The molecule has 2 aromatic carbocycles. The monoisotopic (exact) mass is 400 g/mol. The van der Waals surface area contributed by atoms with Crippen LogP contribution in [0.2, 0.25) is 0 Å². The van der Waals surface area contributed by atoms with Crippen LogP contribution in [0.15, 0.2) is 66.9 Å². The van der Waals surface area contributed by atoms with Crippen molar-refractivity contribution in [1.29, 1.82) is 0 Å². The maximum atomic E-state index is 13.0. The van der Waals surface area contributed by atoms with Crippen molar-refractivity contribution < 1.29 is 14.3 Å². The average Bonchev–Trinajstić information content (AvgIpc) is 3.30. The van der Waals surface area contributed by atoms with Crippen LogP contribution in [0.5, 0.6) is 11.6 Å². The molecule has 0 aliphatic carbocycles. The number of benzene rings is 2. The Morgan fingerprint density at radius 1 is 1.03 bits per heavy atom. The molecular formula is C25H24N2O3. The Morgan fingerprint density at radius 2 is 1.83 bits per heavy atom. The van der Waals surface area contributed by atoms with E-state index in [0.717, 1.165) is 30.8 Å². The zero-order valence-corrected chi connectivity index (χ0v) is 16.8. The summed E-state index contributed by atoms with van der Waals surface area (Å²) < 4.78 is 11.0. The van der Waals surface area contributed by atoms with Crippen molar-refractivity contribution in [3.05, 3.63) is 83.6 Å². The summed E-state index contributed by atoms with van der Waals surface area (Å²) in [5.74, 6) is 1.57. The number of hydrogen-bond donors (Lipinski definition) is 0. The highest BCUT2D eigenvalue weighted by atomic mass is 16.6. The summed E-state index contributed by atoms with van der Waals surface area (Å²) in [6, 6.07) is 20.6. The predicted molar refractivity (Wildman–Crippen MR) is 116 cm³/mol. The first kappa shape index (κ1) is 18.7. The summed E-state index contributed by atoms with van der Waals surface area (Å²) in [7, 11) is 0. The molecule has 30 heavy (non-hydrogen) atoms. The number of para-hydroxylation sites is 1. The smallest absolute Gasteiger partial charge is 0.257 e. The topological polar surface area (TPSA) is 51.7 Å². The summed E-state index contributed by atoms with van der Waals surface area (Å²) in [6.07, 6.45) is 3.04. The number of fused-ring (bicyclic) bond motifs is 1. The summed E-state index contributed by atoms with van der Waals surface area (Å²) in [5, 5.41) is 0. The zero-order chi connectivity index (χ0) is 20.3. The zero-order valence-electron chi connectivity index (χ0n) is 16.8. The maximum Gasteiger partial charge on any atom is 0.257 e. The van der Waals surface area contributed by atoms with Crippen LogP contribution in [-0.4, -0.2) is 37.1 Å². The third-order valence-corrected chi connectivity index (χ3v) is 5.86. The summed E-state index contributed by atoms with van der Waals surface area (Å²) >= 11 is 0. The third kappa shape index (κ3) is 3.75. The van der Waals surface area contributed by atoms with Crippen molar-refractivity contribution in [3.8, 4) is 11.6 Å². The number of ether oxygens (including phenoxy) is 2. The first-order valence-corrected chi connectivity index (χ1v) is 10.4. The molecule has 1 aromatic heterocycles. The molecule has 5 heteroatoms. The van der Waals surface area contributed by atoms with Crippen molar-refractivity contribution in [3.63, 3.8) is 0 Å². The van der Waals surface area contributed by atoms with E-state index in [1.807, 2.05) is 12.1 Å². The van der Waals surface area contributed by atoms with Crippen LogP contribution in [0.1, 0.15) is 33.8 Å². The van der Waals surface area contributed by atoms with E-state index < -0.39 is 0 Å². The Kier molecular flexibility index (Phi) is 5.10. The van der Waals surface area contributed by atoms with Gasteiger partial charge >= 0.3 is 0 Å². The Hall–Kier alpha value is -3.34. The number of rotatable bonds is 5. The van der Waals surface area contributed by atoms with Gasteiger partial charge in [-0.05, 0) is 29.7 Å². The quantitative estimate of drug-likeness (QED) is 0.599. The SMILES string of the molecule is O=C(Cc1ccccc1N1CCC(c2ccccc2)C1)c1cnc2c(c1)OCCO2. The lowest BCUT2D eigenvalue weighted by atomic mass is 9.98. The van der Waals surface area contributed by atoms with E-state index in [4.69, 9.17) is 9.47 Å². The fraction of sp³-hybridized carbons (Fsp3) is 0.280. The van der Waals surface area contributed by atoms with Gasteiger partial charge in [0.25, 0.3) is 5.88 Å². The molecule has 1 fully saturated rings. The first-order chi connectivity index (χ1) is 14.8. The third-order valence-electron chi connectivity index (χ3n) is 5.86. The second kappa shape index (κ2) is 8.19. The fourth-order valence-corrected chi connectivity index (χ4v) is 4.31. The van der Waals surface area contributed by atoms with Gasteiger partial charge in [-0.2, -0.15) is 0 Å². The summed E-state index contributed by atoms with van der Waals surface area (Å²) in [4.78, 5) is 19.6. The van der Waals surface area contributed by atoms with Gasteiger partial charge in [0.2, 0.25) is 0 Å². The van der Waals surface area contributed by atoms with Gasteiger partial charge in [-0.25, -0.2) is 4.98 Å². The molecule has 0 spiro atoms. The first-order valence-electron chi connectivity index (χ1n) is 10.4. The number of hydrogen-bond acceptors (Lipinski definition) is 5. The Labute approximate surface area is 176 Å². The van der Waals surface area contributed by atoms with Crippen molar-refractivity contribution in [2.45, 2.75) is 18.8 Å². The van der Waals surface area contributed by atoms with Gasteiger partial charge < -0.3 is 14.4 Å². The number of anilines is 1. The number of aromatic nitrogens is 1. The second-order valence-electron chi connectivity index (χ2n) is 7.80. The van der Waals surface area contributed by atoms with Crippen LogP contribution < -0.4 is 14.4 Å². The fourth-order valence-electron chi connectivity index (χ4n) is 4.31. The highest BCUT2D eigenvalue weighted by molar-refractivity contribution is 5.98. The highest BCUT2D eigenvalue weighted by Crippen LogP contribution is 2.33. The Morgan fingerprint density at radius 3 is 2.73 bits per heavy atom. The molecule has 5 nitrogen and oxygen atoms in total. The molecule has 3 aromatic rings. The maximum absolute atomic E-state index is 13.0. The van der Waals surface area contributed by atoms with Gasteiger partial charge in [0, 0.05) is 42.9 Å². The van der Waals surface area contributed by atoms with Gasteiger partial charge in [-0.3, -0.25) is 4.79 Å². The Bertz CT molecular complexity index is 1050. The van der Waals surface area contributed by atoms with Crippen LogP contribution in [0.25, 0.3) is 0 Å². The molecule has 5 rings (SSSR count). The average molecular weight is 400 g/mol. The lowest BCUT2D eigenvalue weighted by molar-refractivity contribution is 0.0991. The lowest BCUT2D eigenvalue weighted by Crippen LogP contribution is -2.21. The molecule has 0 radical (unpaired) electrons. The minimum absolute atomic E-state index is 0.0331. The number of pyridine rings is 1. The van der Waals surface area contributed by atoms with Crippen LogP contribution in [0.4, 0.5) is 5.69 Å². The normalized spacial score (nSPS) is 17.7. The molecular weight excluding hydrogens is 376 g/mol. The second-order valence-corrected chi connectivity index (χ2v) is 7.80. The predicted octanol–water partition coefficient (Wildman–Crippen LogP) is 4.27. The van der Waals surface area contributed by atoms with Crippen molar-refractivity contribution in [1.82, 2.24) is 4.98 Å². The molecule has 2 aliphatic heterocycles. The van der Waals surface area contributed by atoms with E-state index in [1.54, 1.807) is 12.3 Å². The number of carbonyl (C=O) groups is 1. The molecule has 1 atom stereocenters. The number of ketones is 1. The van der Waals surface area contributed by atoms with Crippen molar-refractivity contribution in [2.75, 3.05) is 31.2 Å². The van der Waals surface area contributed by atoms with Gasteiger partial charge in [0.1, 0.15) is 13.2 Å². The van der Waals surface area contributed by atoms with Gasteiger partial charge in [-0.15, -0.1) is 0 Å². The molecule has 1 unspecified atom stereocenters. The van der Waals surface area contributed by atoms with Gasteiger partial charge in [-0.1, -0.05) is 48.5 Å². The van der Waals surface area contributed by atoms with Gasteiger partial charge in [0.05, 0.1) is 0 Å². The standard InChI is InChI=1S/C25H24N2O3/c28-23(21-15-24-25(26-16-21)30-13-12-29-24)14-19-8-4-5-9-22(19)27-11-10-20(17-27)18-6-2-1-3-7-18/h1-9,15-16,20H,10-14,17H2. The van der Waals surface area contributed by atoms with E-state index >= 15 is 0 Å². The highest BCUT2D eigenvalue weighted by Gasteiger charge is 2.26. The largest absolute Gasteiger partial charge is 0.484 e. The Balaban J connectivity index is 1.33. The number of nitrogens with zero attached hydrogens (tertiary/aromatic N) is 2. The van der Waals surface area contributed by atoms with E-state index in [9.17, 15) is 4.79 Å². The lowest BCUT2D eigenvalue weighted by Gasteiger charge is -2.22. The van der Waals surface area contributed by atoms with Crippen LogP contribution >= 0.6 is 0 Å². The summed E-state index contributed by atoms with van der Waals surface area (Å²) in [6.45, 7) is 2.93. The molecule has 3 heterocycles. The molecule has 0 N–H and O–H groups in total. The van der Waals surface area contributed by atoms with E-state index in [0.29, 0.717) is 42.7 Å². The molecule has 0 amide bonds. The van der Waals surface area contributed by atoms with E-state index in [2.05, 4.69) is 52.3 Å². The number of carbonyl (C=O) groups excluding carboxylic acids is 1. The number of Topliss-reactive ketones (excluding diaryl/α,β-unsaturated/α-hetero) is 1. The molecule has 0 saturated carbocycles. The van der Waals surface area contributed by atoms with Gasteiger partial charge in [0.15, 0.2) is 11.5 Å². The van der Waals surface area contributed by atoms with E-state index in [-0.39, 0.29) is 5.78 Å². The van der Waals surface area contributed by atoms with E-state index in [1.165, 1.54) is 5.56 Å². The van der Waals surface area contributed by atoms with Crippen LogP contribution in [0, 0.1) is 0 Å². The minimum atomic E-state index is 0.0331. The molecule has 1 saturated heterocycles.